The van der Waals surface area contributed by atoms with E-state index in [0.29, 0.717) is 0 Å². The average molecular weight is 206 g/mol. The minimum Gasteiger partial charge on any atom is -0.375 e. The van der Waals surface area contributed by atoms with Gasteiger partial charge >= 0.3 is 0 Å². The lowest BCUT2D eigenvalue weighted by molar-refractivity contribution is 0.723. The van der Waals surface area contributed by atoms with Gasteiger partial charge in [-0.3, -0.25) is 0 Å². The molecule has 0 aliphatic carbocycles. The normalized spacial score (nSPS) is 10.4. The Morgan fingerprint density at radius 3 is 2.60 bits per heavy atom. The highest BCUT2D eigenvalue weighted by molar-refractivity contribution is 5.54. The maximum absolute atomic E-state index is 3.38. The van der Waals surface area contributed by atoms with E-state index in [1.165, 1.54) is 16.8 Å². The summed E-state index contributed by atoms with van der Waals surface area (Å²) in [5.74, 6) is 0. The Kier molecular flexibility index (Phi) is 4.63. The molecule has 1 N–H and O–H groups in total. The summed E-state index contributed by atoms with van der Waals surface area (Å²) < 4.78 is 0. The van der Waals surface area contributed by atoms with Crippen molar-refractivity contribution < 1.29 is 0 Å². The zero-order valence-electron chi connectivity index (χ0n) is 10.3. The van der Waals surface area contributed by atoms with Gasteiger partial charge in [-0.25, -0.2) is 0 Å². The monoisotopic (exact) mass is 206 g/mol. The number of hydrogen-bond acceptors (Lipinski definition) is 2. The van der Waals surface area contributed by atoms with Gasteiger partial charge in [-0.1, -0.05) is 24.6 Å². The zero-order chi connectivity index (χ0) is 11.3. The number of aryl methyl sites for hydroxylation is 1. The number of nitrogens with one attached hydrogen (secondary N) is 1. The Labute approximate surface area is 93.3 Å². The van der Waals surface area contributed by atoms with Gasteiger partial charge in [0, 0.05) is 25.8 Å². The summed E-state index contributed by atoms with van der Waals surface area (Å²) in [4.78, 5) is 2.28. The number of hydrogen-bond donors (Lipinski definition) is 1. The molecular formula is C13H22N2. The molecule has 1 aromatic carbocycles. The number of anilines is 1. The van der Waals surface area contributed by atoms with Crippen molar-refractivity contribution in [1.29, 1.82) is 0 Å². The molecule has 0 spiro atoms. The van der Waals surface area contributed by atoms with Crippen LogP contribution in [0.4, 0.5) is 5.69 Å². The Hall–Kier alpha value is -1.02. The molecule has 0 radical (unpaired) electrons. The molecule has 2 heteroatoms. The van der Waals surface area contributed by atoms with Gasteiger partial charge in [-0.05, 0) is 32.0 Å². The highest BCUT2D eigenvalue weighted by Crippen LogP contribution is 2.20. The predicted molar refractivity (Wildman–Crippen MR) is 67.5 cm³/mol. The molecule has 0 aliphatic heterocycles. The van der Waals surface area contributed by atoms with Crippen molar-refractivity contribution in [1.82, 2.24) is 5.32 Å². The topological polar surface area (TPSA) is 15.3 Å². The lowest BCUT2D eigenvalue weighted by Crippen LogP contribution is -2.20. The first-order valence-electron chi connectivity index (χ1n) is 5.70. The lowest BCUT2D eigenvalue weighted by Gasteiger charge is -2.21. The van der Waals surface area contributed by atoms with E-state index in [1.807, 2.05) is 0 Å². The standard InChI is InChI=1S/C13H22N2/c1-5-14-10-12-9-11(3)7-8-13(12)15(4)6-2/h7-9,14H,5-6,10H2,1-4H3. The molecule has 0 heterocycles. The molecule has 0 saturated carbocycles. The molecule has 84 valence electrons. The second kappa shape index (κ2) is 5.76. The van der Waals surface area contributed by atoms with Crippen LogP contribution in [0.1, 0.15) is 25.0 Å². The van der Waals surface area contributed by atoms with Crippen molar-refractivity contribution >= 4 is 5.69 Å². The van der Waals surface area contributed by atoms with Gasteiger partial charge in [-0.2, -0.15) is 0 Å². The number of rotatable bonds is 5. The van der Waals surface area contributed by atoms with Crippen LogP contribution in [0.3, 0.4) is 0 Å². The smallest absolute Gasteiger partial charge is 0.0409 e. The van der Waals surface area contributed by atoms with Crippen LogP contribution in [0.15, 0.2) is 18.2 Å². The highest BCUT2D eigenvalue weighted by atomic mass is 15.1. The fraction of sp³-hybridized carbons (Fsp3) is 0.538. The van der Waals surface area contributed by atoms with Crippen LogP contribution < -0.4 is 10.2 Å². The third kappa shape index (κ3) is 3.24. The first-order valence-corrected chi connectivity index (χ1v) is 5.70. The van der Waals surface area contributed by atoms with E-state index in [1.54, 1.807) is 0 Å². The molecular weight excluding hydrogens is 184 g/mol. The third-order valence-electron chi connectivity index (χ3n) is 2.69. The second-order valence-corrected chi connectivity index (χ2v) is 3.93. The van der Waals surface area contributed by atoms with Crippen LogP contribution in [-0.4, -0.2) is 20.1 Å². The van der Waals surface area contributed by atoms with Crippen LogP contribution in [-0.2, 0) is 6.54 Å². The van der Waals surface area contributed by atoms with Crippen molar-refractivity contribution in [3.05, 3.63) is 29.3 Å². The summed E-state index contributed by atoms with van der Waals surface area (Å²) in [6.07, 6.45) is 0. The summed E-state index contributed by atoms with van der Waals surface area (Å²) >= 11 is 0. The molecule has 0 amide bonds. The Bertz CT molecular complexity index is 307. The second-order valence-electron chi connectivity index (χ2n) is 3.93. The summed E-state index contributed by atoms with van der Waals surface area (Å²) in [6.45, 7) is 9.48. The lowest BCUT2D eigenvalue weighted by atomic mass is 10.1. The van der Waals surface area contributed by atoms with E-state index in [0.717, 1.165) is 19.6 Å². The summed E-state index contributed by atoms with van der Waals surface area (Å²) in [6, 6.07) is 6.66. The summed E-state index contributed by atoms with van der Waals surface area (Å²) in [7, 11) is 2.14. The van der Waals surface area contributed by atoms with Gasteiger partial charge in [0.05, 0.1) is 0 Å². The largest absolute Gasteiger partial charge is 0.375 e. The molecule has 15 heavy (non-hydrogen) atoms. The van der Waals surface area contributed by atoms with E-state index in [-0.39, 0.29) is 0 Å². The van der Waals surface area contributed by atoms with E-state index in [4.69, 9.17) is 0 Å². The molecule has 0 aliphatic rings. The maximum atomic E-state index is 3.38. The molecule has 0 fully saturated rings. The Morgan fingerprint density at radius 2 is 2.00 bits per heavy atom. The van der Waals surface area contributed by atoms with Crippen LogP contribution in [0.25, 0.3) is 0 Å². The first kappa shape index (κ1) is 12.1. The maximum Gasteiger partial charge on any atom is 0.0409 e. The van der Waals surface area contributed by atoms with Gasteiger partial charge in [0.15, 0.2) is 0 Å². The predicted octanol–water partition coefficient (Wildman–Crippen LogP) is 2.56. The molecule has 0 bridgehead atoms. The van der Waals surface area contributed by atoms with E-state index < -0.39 is 0 Å². The minimum atomic E-state index is 0.956. The van der Waals surface area contributed by atoms with Gasteiger partial charge in [0.1, 0.15) is 0 Å². The van der Waals surface area contributed by atoms with Crippen molar-refractivity contribution in [2.45, 2.75) is 27.3 Å². The summed E-state index contributed by atoms with van der Waals surface area (Å²) in [5.41, 5.74) is 4.06. The molecule has 1 aromatic rings. The molecule has 0 aromatic heterocycles. The van der Waals surface area contributed by atoms with Gasteiger partial charge < -0.3 is 10.2 Å². The Morgan fingerprint density at radius 1 is 1.27 bits per heavy atom. The SMILES string of the molecule is CCNCc1cc(C)ccc1N(C)CC. The number of benzene rings is 1. The van der Waals surface area contributed by atoms with Gasteiger partial charge in [0.2, 0.25) is 0 Å². The average Bonchev–Trinajstić information content (AvgIpc) is 2.25. The van der Waals surface area contributed by atoms with Crippen LogP contribution in [0, 0.1) is 6.92 Å². The molecule has 1 rings (SSSR count). The van der Waals surface area contributed by atoms with Crippen LogP contribution in [0.2, 0.25) is 0 Å². The highest BCUT2D eigenvalue weighted by Gasteiger charge is 2.05. The minimum absolute atomic E-state index is 0.956. The van der Waals surface area contributed by atoms with Gasteiger partial charge in [-0.15, -0.1) is 0 Å². The fourth-order valence-corrected chi connectivity index (χ4v) is 1.66. The Balaban J connectivity index is 2.92. The van der Waals surface area contributed by atoms with Gasteiger partial charge in [0.25, 0.3) is 0 Å². The van der Waals surface area contributed by atoms with Crippen molar-refractivity contribution in [2.75, 3.05) is 25.0 Å². The van der Waals surface area contributed by atoms with Crippen LogP contribution >= 0.6 is 0 Å². The van der Waals surface area contributed by atoms with E-state index in [9.17, 15) is 0 Å². The molecule has 0 saturated heterocycles. The van der Waals surface area contributed by atoms with Crippen molar-refractivity contribution in [2.24, 2.45) is 0 Å². The fourth-order valence-electron chi connectivity index (χ4n) is 1.66. The van der Waals surface area contributed by atoms with E-state index in [2.05, 4.69) is 56.2 Å². The van der Waals surface area contributed by atoms with E-state index >= 15 is 0 Å². The zero-order valence-corrected chi connectivity index (χ0v) is 10.3. The summed E-state index contributed by atoms with van der Waals surface area (Å²) in [5, 5.41) is 3.38. The third-order valence-corrected chi connectivity index (χ3v) is 2.69. The molecule has 0 unspecified atom stereocenters. The van der Waals surface area contributed by atoms with Crippen molar-refractivity contribution in [3.63, 3.8) is 0 Å². The van der Waals surface area contributed by atoms with Crippen molar-refractivity contribution in [3.8, 4) is 0 Å². The molecule has 0 atom stereocenters. The van der Waals surface area contributed by atoms with Crippen LogP contribution in [0.5, 0.6) is 0 Å². The first-order chi connectivity index (χ1) is 7.19. The molecule has 2 nitrogen and oxygen atoms in total. The quantitative estimate of drug-likeness (QED) is 0.796. The number of nitrogens with zero attached hydrogens (tertiary/aromatic N) is 1.